The van der Waals surface area contributed by atoms with Gasteiger partial charge in [0.1, 0.15) is 5.50 Å². The minimum atomic E-state index is -4.74. The summed E-state index contributed by atoms with van der Waals surface area (Å²) in [7, 11) is 1.70. The van der Waals surface area contributed by atoms with Crippen LogP contribution in [-0.4, -0.2) is 101 Å². The molecule has 9 unspecified atom stereocenters. The zero-order chi connectivity index (χ0) is 28.8. The Bertz CT molecular complexity index is 939. The van der Waals surface area contributed by atoms with Gasteiger partial charge in [-0.05, 0) is 57.3 Å². The molecular formula is C26H41ClF3N5O4S. The van der Waals surface area contributed by atoms with Gasteiger partial charge in [-0.15, -0.1) is 23.4 Å². The molecule has 1 aliphatic carbocycles. The number of piperidine rings is 2. The minimum absolute atomic E-state index is 0.0151. The van der Waals surface area contributed by atoms with E-state index < -0.39 is 24.1 Å². The molecule has 2 amide bonds. The van der Waals surface area contributed by atoms with E-state index in [0.29, 0.717) is 32.6 Å². The lowest BCUT2D eigenvalue weighted by Crippen LogP contribution is -2.57. The smallest absolute Gasteiger partial charge is 0.380 e. The van der Waals surface area contributed by atoms with Crippen LogP contribution in [-0.2, 0) is 14.3 Å². The summed E-state index contributed by atoms with van der Waals surface area (Å²) in [5.41, 5.74) is -3.26. The lowest BCUT2D eigenvalue weighted by atomic mass is 9.70. The fraction of sp³-hybridized carbons (Fsp3) is 0.923. The maximum Gasteiger partial charge on any atom is 0.417 e. The Labute approximate surface area is 242 Å². The van der Waals surface area contributed by atoms with Crippen molar-refractivity contribution in [3.8, 4) is 0 Å². The Morgan fingerprint density at radius 1 is 1.18 bits per heavy atom. The zero-order valence-corrected chi connectivity index (χ0v) is 24.5. The van der Waals surface area contributed by atoms with Gasteiger partial charge in [0.2, 0.25) is 11.8 Å². The standard InChI is InChI=1S/C26H41ClF3N5O4S/c1-13-6-15(16-7-21(27)32-10-19(16)39-2)17(9-31-13)22(36)34-24-33-18-11-35(12-20(18)40-24)23(37)14-4-3-5-25(38,8-14)26(28,29)30/h13-21,24,31-33,38H,3-12H2,1-2H3,(H,34,36)/t13?,14-,15?,16?,17?,18?,19?,20?,21?,24?,25-/m1/s1. The molecule has 4 saturated heterocycles. The van der Waals surface area contributed by atoms with Crippen molar-refractivity contribution < 1.29 is 32.6 Å². The van der Waals surface area contributed by atoms with Crippen molar-refractivity contribution in [2.24, 2.45) is 23.7 Å². The van der Waals surface area contributed by atoms with E-state index in [1.807, 2.05) is 0 Å². The fourth-order valence-corrected chi connectivity index (χ4v) is 9.13. The summed E-state index contributed by atoms with van der Waals surface area (Å²) in [6.45, 7) is 4.12. The summed E-state index contributed by atoms with van der Waals surface area (Å²) in [4.78, 5) is 28.3. The average Bonchev–Trinajstić information content (AvgIpc) is 3.46. The number of rotatable bonds is 5. The number of hydrogen-bond acceptors (Lipinski definition) is 8. The van der Waals surface area contributed by atoms with Crippen LogP contribution in [0, 0.1) is 23.7 Å². The Kier molecular flexibility index (Phi) is 9.22. The number of aliphatic hydroxyl groups is 1. The lowest BCUT2D eigenvalue weighted by molar-refractivity contribution is -0.273. The summed E-state index contributed by atoms with van der Waals surface area (Å²) in [6, 6.07) is 0.220. The van der Waals surface area contributed by atoms with Gasteiger partial charge in [-0.25, -0.2) is 0 Å². The van der Waals surface area contributed by atoms with E-state index in [4.69, 9.17) is 16.3 Å². The van der Waals surface area contributed by atoms with Gasteiger partial charge >= 0.3 is 6.18 Å². The fourth-order valence-electron chi connectivity index (χ4n) is 7.43. The first-order chi connectivity index (χ1) is 18.9. The summed E-state index contributed by atoms with van der Waals surface area (Å²) >= 11 is 7.99. The Morgan fingerprint density at radius 2 is 1.95 bits per heavy atom. The van der Waals surface area contributed by atoms with Crippen molar-refractivity contribution in [2.45, 2.75) is 91.7 Å². The maximum absolute atomic E-state index is 13.6. The Morgan fingerprint density at radius 3 is 2.65 bits per heavy atom. The number of amides is 2. The quantitative estimate of drug-likeness (QED) is 0.235. The number of thioether (sulfide) groups is 1. The number of fused-ring (bicyclic) bond motifs is 1. The van der Waals surface area contributed by atoms with Gasteiger partial charge in [0.25, 0.3) is 0 Å². The highest BCUT2D eigenvalue weighted by molar-refractivity contribution is 8.00. The van der Waals surface area contributed by atoms with Gasteiger partial charge in [-0.1, -0.05) is 0 Å². The third kappa shape index (κ3) is 6.26. The normalized spacial score (nSPS) is 44.3. The maximum atomic E-state index is 13.6. The van der Waals surface area contributed by atoms with Crippen molar-refractivity contribution in [1.82, 2.24) is 26.2 Å². The van der Waals surface area contributed by atoms with Crippen LogP contribution in [0.2, 0.25) is 0 Å². The monoisotopic (exact) mass is 611 g/mol. The second-order valence-corrected chi connectivity index (χ2v) is 14.1. The zero-order valence-electron chi connectivity index (χ0n) is 22.9. The second-order valence-electron chi connectivity index (χ2n) is 12.3. The van der Waals surface area contributed by atoms with Gasteiger partial charge in [0, 0.05) is 56.5 Å². The third-order valence-electron chi connectivity index (χ3n) is 9.65. The van der Waals surface area contributed by atoms with Crippen molar-refractivity contribution in [1.29, 1.82) is 0 Å². The predicted octanol–water partition coefficient (Wildman–Crippen LogP) is 1.59. The molecule has 40 heavy (non-hydrogen) atoms. The predicted molar refractivity (Wildman–Crippen MR) is 145 cm³/mol. The van der Waals surface area contributed by atoms with Gasteiger partial charge in [-0.2, -0.15) is 13.2 Å². The summed E-state index contributed by atoms with van der Waals surface area (Å²) in [5, 5.41) is 23.4. The van der Waals surface area contributed by atoms with Crippen LogP contribution >= 0.6 is 23.4 Å². The highest BCUT2D eigenvalue weighted by atomic mass is 35.5. The number of nitrogens with one attached hydrogen (secondary N) is 4. The third-order valence-corrected chi connectivity index (χ3v) is 11.3. The average molecular weight is 612 g/mol. The van der Waals surface area contributed by atoms with Gasteiger partial charge in [0.15, 0.2) is 5.60 Å². The highest BCUT2D eigenvalue weighted by Gasteiger charge is 2.57. The molecule has 11 atom stereocenters. The topological polar surface area (TPSA) is 115 Å². The summed E-state index contributed by atoms with van der Waals surface area (Å²) < 4.78 is 45.9. The first-order valence-electron chi connectivity index (χ1n) is 14.3. The number of halogens is 4. The molecule has 1 saturated carbocycles. The van der Waals surface area contributed by atoms with Gasteiger partial charge in [-0.3, -0.25) is 20.2 Å². The first kappa shape index (κ1) is 30.6. The van der Waals surface area contributed by atoms with Gasteiger partial charge < -0.3 is 25.4 Å². The first-order valence-corrected chi connectivity index (χ1v) is 15.7. The number of hydrogen-bond donors (Lipinski definition) is 5. The molecule has 0 bridgehead atoms. The van der Waals surface area contributed by atoms with Crippen LogP contribution in [0.3, 0.4) is 0 Å². The largest absolute Gasteiger partial charge is 0.417 e. The van der Waals surface area contributed by atoms with Crippen molar-refractivity contribution in [2.75, 3.05) is 33.3 Å². The van der Waals surface area contributed by atoms with E-state index in [1.165, 1.54) is 0 Å². The SMILES string of the molecule is COC1CNC(Cl)CC1C1CC(C)NCC1C(=O)NC1NC2CN(C(=O)[C@@H]3CCC[C@](O)(C(F)(F)F)C3)CC2S1. The molecule has 4 aliphatic heterocycles. The molecule has 14 heteroatoms. The van der Waals surface area contributed by atoms with Crippen LogP contribution in [0.1, 0.15) is 45.4 Å². The minimum Gasteiger partial charge on any atom is -0.380 e. The van der Waals surface area contributed by atoms with E-state index in [1.54, 1.807) is 23.8 Å². The molecule has 0 spiro atoms. The number of likely N-dealkylation sites (tertiary alicyclic amines) is 1. The Balaban J connectivity index is 1.16. The van der Waals surface area contributed by atoms with E-state index in [0.717, 1.165) is 12.8 Å². The number of carbonyl (C=O) groups excluding carboxylic acids is 2. The van der Waals surface area contributed by atoms with Crippen molar-refractivity contribution in [3.63, 3.8) is 0 Å². The number of methoxy groups -OCH3 is 1. The molecule has 0 aromatic rings. The number of alkyl halides is 4. The molecule has 228 valence electrons. The molecule has 9 nitrogen and oxygen atoms in total. The molecule has 5 aliphatic rings. The molecule has 0 aromatic heterocycles. The number of nitrogens with zero attached hydrogens (tertiary/aromatic N) is 1. The van der Waals surface area contributed by atoms with E-state index in [-0.39, 0.29) is 76.8 Å². The van der Waals surface area contributed by atoms with Crippen LogP contribution in [0.25, 0.3) is 0 Å². The van der Waals surface area contributed by atoms with E-state index in [9.17, 15) is 27.9 Å². The molecule has 0 aromatic carbocycles. The van der Waals surface area contributed by atoms with E-state index >= 15 is 0 Å². The van der Waals surface area contributed by atoms with Crippen LogP contribution in [0.5, 0.6) is 0 Å². The van der Waals surface area contributed by atoms with Crippen molar-refractivity contribution in [3.05, 3.63) is 0 Å². The van der Waals surface area contributed by atoms with Crippen LogP contribution in [0.15, 0.2) is 0 Å². The summed E-state index contributed by atoms with van der Waals surface area (Å²) in [5.74, 6) is -1.15. The number of ether oxygens (including phenoxy) is 1. The number of carbonyl (C=O) groups is 2. The van der Waals surface area contributed by atoms with Crippen molar-refractivity contribution >= 4 is 35.2 Å². The molecule has 4 heterocycles. The summed E-state index contributed by atoms with van der Waals surface area (Å²) in [6.07, 6.45) is -3.61. The molecular weight excluding hydrogens is 571 g/mol. The van der Waals surface area contributed by atoms with E-state index in [2.05, 4.69) is 28.2 Å². The van der Waals surface area contributed by atoms with Crippen LogP contribution < -0.4 is 21.3 Å². The van der Waals surface area contributed by atoms with Crippen LogP contribution in [0.4, 0.5) is 13.2 Å². The molecule has 5 N–H and O–H groups in total. The second kappa shape index (κ2) is 12.0. The highest BCUT2D eigenvalue weighted by Crippen LogP contribution is 2.45. The molecule has 5 fully saturated rings. The molecule has 0 radical (unpaired) electrons. The Hall–Kier alpha value is -0.830. The van der Waals surface area contributed by atoms with Gasteiger partial charge in [0.05, 0.1) is 17.5 Å². The molecule has 5 rings (SSSR count). The lowest BCUT2D eigenvalue weighted by Gasteiger charge is -2.45.